The highest BCUT2D eigenvalue weighted by Gasteiger charge is 2.58. The quantitative estimate of drug-likeness (QED) is 0.570. The number of nitrogens with zero attached hydrogens (tertiary/aromatic N) is 1. The molecule has 2 aromatic carbocycles. The van der Waals surface area contributed by atoms with E-state index >= 15 is 0 Å². The Balaban J connectivity index is 1.57. The highest BCUT2D eigenvalue weighted by atomic mass is 35.5. The predicted octanol–water partition coefficient (Wildman–Crippen LogP) is 4.08. The standard InChI is InChI=1S/C20H16ClNO4S/c1-12(18(24)13-6-8-14(21)9-7-13)26-19(25)20-11-10-17(23)22(20)15-4-2-3-5-16(15)27-20/h2-9,12H,10-11H2,1H3/t12-,20-/m1/s1. The lowest BCUT2D eigenvalue weighted by atomic mass is 10.1. The van der Waals surface area contributed by atoms with E-state index in [2.05, 4.69) is 0 Å². The molecule has 1 fully saturated rings. The number of anilines is 1. The van der Waals surface area contributed by atoms with Crippen LogP contribution in [0.1, 0.15) is 30.1 Å². The molecule has 0 spiro atoms. The van der Waals surface area contributed by atoms with Crippen LogP contribution >= 0.6 is 23.4 Å². The lowest BCUT2D eigenvalue weighted by Crippen LogP contribution is -2.49. The number of carbonyl (C=O) groups is 3. The van der Waals surface area contributed by atoms with Gasteiger partial charge in [-0.15, -0.1) is 0 Å². The molecule has 2 atom stereocenters. The van der Waals surface area contributed by atoms with E-state index in [-0.39, 0.29) is 18.1 Å². The first-order valence-electron chi connectivity index (χ1n) is 8.54. The van der Waals surface area contributed by atoms with Gasteiger partial charge in [-0.3, -0.25) is 14.5 Å². The minimum Gasteiger partial charge on any atom is -0.452 e. The average Bonchev–Trinajstić information content (AvgIpc) is 3.17. The second kappa shape index (κ2) is 6.69. The number of ether oxygens (including phenoxy) is 1. The molecule has 0 radical (unpaired) electrons. The molecule has 0 aliphatic carbocycles. The second-order valence-corrected chi connectivity index (χ2v) is 8.26. The number of fused-ring (bicyclic) bond motifs is 3. The van der Waals surface area contributed by atoms with Crippen LogP contribution < -0.4 is 4.90 Å². The van der Waals surface area contributed by atoms with Crippen LogP contribution in [0.3, 0.4) is 0 Å². The highest BCUT2D eigenvalue weighted by Crippen LogP contribution is 2.56. The molecule has 1 amide bonds. The monoisotopic (exact) mass is 401 g/mol. The van der Waals surface area contributed by atoms with Gasteiger partial charge in [0, 0.05) is 28.3 Å². The molecular weight excluding hydrogens is 386 g/mol. The number of hydrogen-bond donors (Lipinski definition) is 0. The summed E-state index contributed by atoms with van der Waals surface area (Å²) in [7, 11) is 0. The summed E-state index contributed by atoms with van der Waals surface area (Å²) in [5.41, 5.74) is 1.14. The third-order valence-electron chi connectivity index (χ3n) is 4.77. The number of hydrogen-bond acceptors (Lipinski definition) is 5. The van der Waals surface area contributed by atoms with Crippen LogP contribution in [0.5, 0.6) is 0 Å². The Labute approximate surface area is 165 Å². The maximum absolute atomic E-state index is 13.1. The van der Waals surface area contributed by atoms with Crippen LogP contribution in [-0.2, 0) is 14.3 Å². The number of amides is 1. The molecule has 7 heteroatoms. The summed E-state index contributed by atoms with van der Waals surface area (Å²) >= 11 is 7.17. The Morgan fingerprint density at radius 2 is 1.89 bits per heavy atom. The van der Waals surface area contributed by atoms with E-state index in [1.54, 1.807) is 31.2 Å². The van der Waals surface area contributed by atoms with Crippen molar-refractivity contribution in [1.82, 2.24) is 0 Å². The van der Waals surface area contributed by atoms with Crippen molar-refractivity contribution in [2.24, 2.45) is 0 Å². The van der Waals surface area contributed by atoms with E-state index in [1.165, 1.54) is 16.7 Å². The van der Waals surface area contributed by atoms with Gasteiger partial charge in [-0.2, -0.15) is 0 Å². The van der Waals surface area contributed by atoms with Gasteiger partial charge in [0.05, 0.1) is 5.69 Å². The molecule has 2 aliphatic rings. The fourth-order valence-corrected chi connectivity index (χ4v) is 4.95. The minimum atomic E-state index is -1.13. The molecule has 2 aliphatic heterocycles. The number of carbonyl (C=O) groups excluding carboxylic acids is 3. The summed E-state index contributed by atoms with van der Waals surface area (Å²) < 4.78 is 5.53. The number of benzene rings is 2. The number of thioether (sulfide) groups is 1. The van der Waals surface area contributed by atoms with Gasteiger partial charge >= 0.3 is 5.97 Å². The molecule has 4 rings (SSSR count). The molecule has 1 saturated heterocycles. The maximum Gasteiger partial charge on any atom is 0.344 e. The average molecular weight is 402 g/mol. The fourth-order valence-electron chi connectivity index (χ4n) is 3.43. The SMILES string of the molecule is C[C@@H](OC(=O)[C@]12CCC(=O)N1c1ccccc1S2)C(=O)c1ccc(Cl)cc1. The third kappa shape index (κ3) is 2.93. The molecule has 0 unspecified atom stereocenters. The summed E-state index contributed by atoms with van der Waals surface area (Å²) in [6, 6.07) is 13.8. The molecule has 27 heavy (non-hydrogen) atoms. The van der Waals surface area contributed by atoms with E-state index in [9.17, 15) is 14.4 Å². The lowest BCUT2D eigenvalue weighted by molar-refractivity contribution is -0.149. The van der Waals surface area contributed by atoms with Gasteiger partial charge in [0.15, 0.2) is 11.0 Å². The predicted molar refractivity (Wildman–Crippen MR) is 103 cm³/mol. The van der Waals surface area contributed by atoms with Gasteiger partial charge in [-0.25, -0.2) is 4.79 Å². The number of halogens is 1. The van der Waals surface area contributed by atoms with E-state index in [0.29, 0.717) is 17.0 Å². The molecular formula is C20H16ClNO4S. The first-order valence-corrected chi connectivity index (χ1v) is 9.74. The Kier molecular flexibility index (Phi) is 4.48. The van der Waals surface area contributed by atoms with Crippen LogP contribution in [0.15, 0.2) is 53.4 Å². The number of ketones is 1. The Hall–Kier alpha value is -2.31. The van der Waals surface area contributed by atoms with Crippen molar-refractivity contribution in [3.8, 4) is 0 Å². The summed E-state index contributed by atoms with van der Waals surface area (Å²) in [6.07, 6.45) is -0.336. The number of para-hydroxylation sites is 1. The van der Waals surface area contributed by atoms with Crippen LogP contribution in [-0.4, -0.2) is 28.6 Å². The van der Waals surface area contributed by atoms with E-state index in [1.807, 2.05) is 24.3 Å². The van der Waals surface area contributed by atoms with E-state index in [0.717, 1.165) is 10.6 Å². The summed E-state index contributed by atoms with van der Waals surface area (Å²) in [5.74, 6) is -0.988. The molecule has 0 bridgehead atoms. The van der Waals surface area contributed by atoms with Crippen molar-refractivity contribution in [3.63, 3.8) is 0 Å². The largest absolute Gasteiger partial charge is 0.452 e. The molecule has 0 aromatic heterocycles. The Bertz CT molecular complexity index is 945. The minimum absolute atomic E-state index is 0.110. The Morgan fingerprint density at radius 1 is 1.19 bits per heavy atom. The highest BCUT2D eigenvalue weighted by molar-refractivity contribution is 8.02. The Morgan fingerprint density at radius 3 is 2.63 bits per heavy atom. The van der Waals surface area contributed by atoms with Crippen molar-refractivity contribution < 1.29 is 19.1 Å². The van der Waals surface area contributed by atoms with Crippen molar-refractivity contribution >= 4 is 46.7 Å². The zero-order chi connectivity index (χ0) is 19.2. The molecule has 5 nitrogen and oxygen atoms in total. The fraction of sp³-hybridized carbons (Fsp3) is 0.250. The normalized spacial score (nSPS) is 21.6. The van der Waals surface area contributed by atoms with Gasteiger partial charge in [0.2, 0.25) is 11.7 Å². The summed E-state index contributed by atoms with van der Waals surface area (Å²) in [4.78, 5) is 39.3. The number of Topliss-reactive ketones (excluding diaryl/α,β-unsaturated/α-hetero) is 1. The third-order valence-corrected chi connectivity index (χ3v) is 6.48. The molecule has 0 N–H and O–H groups in total. The van der Waals surface area contributed by atoms with Gasteiger partial charge < -0.3 is 4.74 Å². The van der Waals surface area contributed by atoms with Crippen molar-refractivity contribution in [2.45, 2.75) is 35.6 Å². The first-order chi connectivity index (χ1) is 12.9. The summed E-state index contributed by atoms with van der Waals surface area (Å²) in [6.45, 7) is 1.54. The zero-order valence-electron chi connectivity index (χ0n) is 14.5. The number of rotatable bonds is 4. The van der Waals surface area contributed by atoms with Crippen LogP contribution in [0.25, 0.3) is 0 Å². The van der Waals surface area contributed by atoms with Crippen LogP contribution in [0.4, 0.5) is 5.69 Å². The molecule has 2 heterocycles. The summed E-state index contributed by atoms with van der Waals surface area (Å²) in [5, 5.41) is 0.523. The van der Waals surface area contributed by atoms with Gasteiger partial charge in [0.1, 0.15) is 0 Å². The van der Waals surface area contributed by atoms with Crippen LogP contribution in [0.2, 0.25) is 5.02 Å². The van der Waals surface area contributed by atoms with Gasteiger partial charge in [-0.05, 0) is 43.3 Å². The number of esters is 1. The molecule has 138 valence electrons. The van der Waals surface area contributed by atoms with Crippen molar-refractivity contribution in [2.75, 3.05) is 4.90 Å². The van der Waals surface area contributed by atoms with Crippen molar-refractivity contribution in [1.29, 1.82) is 0 Å². The van der Waals surface area contributed by atoms with Gasteiger partial charge in [0.25, 0.3) is 0 Å². The van der Waals surface area contributed by atoms with Gasteiger partial charge in [-0.1, -0.05) is 35.5 Å². The second-order valence-electron chi connectivity index (χ2n) is 6.50. The molecule has 2 aromatic rings. The maximum atomic E-state index is 13.1. The topological polar surface area (TPSA) is 63.7 Å². The lowest BCUT2D eigenvalue weighted by Gasteiger charge is -2.29. The van der Waals surface area contributed by atoms with Crippen LogP contribution in [0, 0.1) is 0 Å². The smallest absolute Gasteiger partial charge is 0.344 e. The zero-order valence-corrected chi connectivity index (χ0v) is 16.0. The van der Waals surface area contributed by atoms with Crippen molar-refractivity contribution in [3.05, 3.63) is 59.1 Å². The van der Waals surface area contributed by atoms with E-state index in [4.69, 9.17) is 16.3 Å². The van der Waals surface area contributed by atoms with E-state index < -0.39 is 16.9 Å². The molecule has 0 saturated carbocycles. The first kappa shape index (κ1) is 18.1.